The second-order valence-electron chi connectivity index (χ2n) is 9.05. The van der Waals surface area contributed by atoms with E-state index >= 15 is 0 Å². The molecule has 0 radical (unpaired) electrons. The Morgan fingerprint density at radius 2 is 2.00 bits per heavy atom. The Hall–Kier alpha value is -3.27. The number of ether oxygens (including phenoxy) is 1. The number of nitrogens with one attached hydrogen (secondary N) is 2. The number of anilines is 2. The average molecular weight is 553 g/mol. The Balaban J connectivity index is 1.60. The lowest BCUT2D eigenvalue weighted by atomic mass is 10.0. The highest BCUT2D eigenvalue weighted by Crippen LogP contribution is 2.32. The molecule has 1 aliphatic heterocycles. The van der Waals surface area contributed by atoms with E-state index in [1.807, 2.05) is 11.9 Å². The van der Waals surface area contributed by atoms with E-state index in [0.717, 1.165) is 11.1 Å². The summed E-state index contributed by atoms with van der Waals surface area (Å²) in [4.78, 5) is 2.07. The number of benzene rings is 2. The number of methoxy groups -OCH3 is 1. The number of halogens is 4. The normalized spacial score (nSPS) is 19.0. The first-order valence-corrected chi connectivity index (χ1v) is 13.0. The second kappa shape index (κ2) is 11.6. The molecule has 0 amide bonds. The fourth-order valence-corrected chi connectivity index (χ4v) is 4.88. The van der Waals surface area contributed by atoms with Crippen LogP contribution in [0.2, 0.25) is 0 Å². The molecule has 7 nitrogen and oxygen atoms in total. The summed E-state index contributed by atoms with van der Waals surface area (Å²) in [6.07, 6.45) is -4.99. The number of nitrogens with zero attached hydrogens (tertiary/aromatic N) is 2. The molecule has 2 heterocycles. The quantitative estimate of drug-likeness (QED) is 0.224. The van der Waals surface area contributed by atoms with Gasteiger partial charge in [0.05, 0.1) is 41.5 Å². The molecule has 12 heteroatoms. The van der Waals surface area contributed by atoms with Gasteiger partial charge in [0.1, 0.15) is 18.5 Å². The summed E-state index contributed by atoms with van der Waals surface area (Å²) < 4.78 is 81.9. The van der Waals surface area contributed by atoms with E-state index < -0.39 is 36.0 Å². The Morgan fingerprint density at radius 1 is 1.21 bits per heavy atom. The summed E-state index contributed by atoms with van der Waals surface area (Å²) in [7, 11) is 3.26. The zero-order valence-electron chi connectivity index (χ0n) is 20.8. The highest BCUT2D eigenvalue weighted by Gasteiger charge is 2.31. The van der Waals surface area contributed by atoms with E-state index in [2.05, 4.69) is 22.5 Å². The molecule has 0 spiro atoms. The van der Waals surface area contributed by atoms with Gasteiger partial charge in [-0.15, -0.1) is 0 Å². The third kappa shape index (κ3) is 6.59. The topological polar surface area (TPSA) is 78.8 Å². The van der Waals surface area contributed by atoms with Crippen LogP contribution >= 0.6 is 0 Å². The maximum absolute atomic E-state index is 14.6. The zero-order chi connectivity index (χ0) is 27.4. The van der Waals surface area contributed by atoms with E-state index in [4.69, 9.17) is 4.74 Å². The van der Waals surface area contributed by atoms with Crippen LogP contribution in [-0.2, 0) is 17.6 Å². The van der Waals surface area contributed by atoms with E-state index in [0.29, 0.717) is 34.4 Å². The van der Waals surface area contributed by atoms with Crippen molar-refractivity contribution in [2.75, 3.05) is 44.4 Å². The van der Waals surface area contributed by atoms with Crippen molar-refractivity contribution in [3.05, 3.63) is 48.2 Å². The molecule has 2 aromatic carbocycles. The number of rotatable bonds is 7. The van der Waals surface area contributed by atoms with Crippen molar-refractivity contribution in [1.82, 2.24) is 9.47 Å². The Kier molecular flexibility index (Phi) is 8.50. The van der Waals surface area contributed by atoms with Gasteiger partial charge in [-0.25, -0.2) is 8.60 Å². The van der Waals surface area contributed by atoms with Gasteiger partial charge >= 0.3 is 6.18 Å². The van der Waals surface area contributed by atoms with Gasteiger partial charge in [-0.3, -0.25) is 0 Å². The molecule has 0 saturated carbocycles. The van der Waals surface area contributed by atoms with Crippen molar-refractivity contribution >= 4 is 33.4 Å². The molecular weight excluding hydrogens is 524 g/mol. The van der Waals surface area contributed by atoms with Crippen molar-refractivity contribution in [2.24, 2.45) is 0 Å². The number of hydrogen-bond acceptors (Lipinski definition) is 5. The van der Waals surface area contributed by atoms with Gasteiger partial charge < -0.3 is 29.4 Å². The maximum Gasteiger partial charge on any atom is 0.406 e. The van der Waals surface area contributed by atoms with Crippen LogP contribution in [0.25, 0.3) is 10.9 Å². The first kappa shape index (κ1) is 27.8. The van der Waals surface area contributed by atoms with Gasteiger partial charge in [-0.2, -0.15) is 13.2 Å². The summed E-state index contributed by atoms with van der Waals surface area (Å²) >= 11 is -2.17. The standard InChI is InChI=1S/C26H28F4N4O3S/c1-33-12-10-22(20(27)15-33)32-21-6-3-7-24-19(21)13-17(34(24)16-26(28,29)30)5-4-11-31-23-9-8-18(38(35)36)14-25(23)37-2/h3,6-9,13-14,20,22,31-32H,10-12,15-16H2,1-2H3,(H,35,36)/t20-,22+/m0/s1. The predicted molar refractivity (Wildman–Crippen MR) is 140 cm³/mol. The van der Waals surface area contributed by atoms with Crippen LogP contribution in [0.1, 0.15) is 12.1 Å². The highest BCUT2D eigenvalue weighted by atomic mass is 32.2. The Morgan fingerprint density at radius 3 is 2.68 bits per heavy atom. The van der Waals surface area contributed by atoms with Crippen molar-refractivity contribution in [2.45, 2.75) is 36.3 Å². The zero-order valence-corrected chi connectivity index (χ0v) is 21.6. The minimum absolute atomic E-state index is 0.0791. The van der Waals surface area contributed by atoms with Gasteiger partial charge in [-0.1, -0.05) is 12.0 Å². The van der Waals surface area contributed by atoms with Crippen LogP contribution < -0.4 is 15.4 Å². The third-order valence-electron chi connectivity index (χ3n) is 6.33. The first-order valence-electron chi connectivity index (χ1n) is 11.9. The predicted octanol–water partition coefficient (Wildman–Crippen LogP) is 4.71. The maximum atomic E-state index is 14.6. The molecular formula is C26H28F4N4O3S. The fourth-order valence-electron chi connectivity index (χ4n) is 4.48. The molecule has 38 heavy (non-hydrogen) atoms. The minimum atomic E-state index is -4.47. The lowest BCUT2D eigenvalue weighted by molar-refractivity contribution is -0.140. The van der Waals surface area contributed by atoms with Gasteiger partial charge in [0, 0.05) is 30.2 Å². The molecule has 1 aliphatic rings. The minimum Gasteiger partial charge on any atom is -0.495 e. The molecule has 1 unspecified atom stereocenters. The van der Waals surface area contributed by atoms with E-state index in [1.54, 1.807) is 30.3 Å². The van der Waals surface area contributed by atoms with Crippen LogP contribution in [0, 0.1) is 11.8 Å². The van der Waals surface area contributed by atoms with Crippen molar-refractivity contribution in [3.8, 4) is 17.6 Å². The molecule has 1 aromatic heterocycles. The van der Waals surface area contributed by atoms with E-state index in [1.165, 1.54) is 19.2 Å². The number of aromatic nitrogens is 1. The van der Waals surface area contributed by atoms with Gasteiger partial charge in [-0.05, 0) is 49.7 Å². The molecule has 0 bridgehead atoms. The Labute approximate surface area is 220 Å². The molecule has 3 N–H and O–H groups in total. The summed E-state index contributed by atoms with van der Waals surface area (Å²) in [5.74, 6) is 5.99. The number of likely N-dealkylation sites (tertiary alicyclic amines) is 1. The van der Waals surface area contributed by atoms with Crippen LogP contribution in [0.4, 0.5) is 28.9 Å². The number of fused-ring (bicyclic) bond motifs is 1. The van der Waals surface area contributed by atoms with E-state index in [9.17, 15) is 26.3 Å². The highest BCUT2D eigenvalue weighted by molar-refractivity contribution is 7.79. The molecule has 1 fully saturated rings. The summed E-state index contributed by atoms with van der Waals surface area (Å²) in [5, 5.41) is 6.75. The summed E-state index contributed by atoms with van der Waals surface area (Å²) in [6, 6.07) is 10.5. The number of hydrogen-bond donors (Lipinski definition) is 3. The molecule has 3 aromatic rings. The van der Waals surface area contributed by atoms with Crippen LogP contribution in [-0.4, -0.2) is 70.4 Å². The lowest BCUT2D eigenvalue weighted by Gasteiger charge is -2.33. The molecule has 1 saturated heterocycles. The SMILES string of the molecule is COc1cc(S(=O)O)ccc1NCC#Cc1cc2c(N[C@@H]3CCN(C)C[C@@H]3F)cccc2n1CC(F)(F)F. The molecule has 0 aliphatic carbocycles. The molecule has 204 valence electrons. The molecule has 3 atom stereocenters. The molecule has 4 rings (SSSR count). The summed E-state index contributed by atoms with van der Waals surface area (Å²) in [6.45, 7) is -0.128. The number of piperidine rings is 1. The van der Waals surface area contributed by atoms with Gasteiger partial charge in [0.15, 0.2) is 11.1 Å². The van der Waals surface area contributed by atoms with Crippen molar-refractivity contribution < 1.29 is 31.1 Å². The third-order valence-corrected chi connectivity index (χ3v) is 6.98. The van der Waals surface area contributed by atoms with Crippen molar-refractivity contribution in [1.29, 1.82) is 0 Å². The largest absolute Gasteiger partial charge is 0.495 e. The average Bonchev–Trinajstić information content (AvgIpc) is 3.20. The lowest BCUT2D eigenvalue weighted by Crippen LogP contribution is -2.46. The first-order chi connectivity index (χ1) is 18.1. The monoisotopic (exact) mass is 552 g/mol. The van der Waals surface area contributed by atoms with Crippen LogP contribution in [0.5, 0.6) is 5.75 Å². The second-order valence-corrected chi connectivity index (χ2v) is 10.0. The fraction of sp³-hybridized carbons (Fsp3) is 0.385. The Bertz CT molecular complexity index is 1380. The van der Waals surface area contributed by atoms with Crippen LogP contribution in [0.15, 0.2) is 47.4 Å². The summed E-state index contributed by atoms with van der Waals surface area (Å²) in [5.41, 5.74) is 1.60. The smallest absolute Gasteiger partial charge is 0.406 e. The van der Waals surface area contributed by atoms with E-state index in [-0.39, 0.29) is 23.7 Å². The van der Waals surface area contributed by atoms with Gasteiger partial charge in [0.2, 0.25) is 0 Å². The van der Waals surface area contributed by atoms with Crippen molar-refractivity contribution in [3.63, 3.8) is 0 Å². The van der Waals surface area contributed by atoms with Gasteiger partial charge in [0.25, 0.3) is 0 Å². The van der Waals surface area contributed by atoms with Crippen LogP contribution in [0.3, 0.4) is 0 Å². The number of alkyl halides is 4.